The third-order valence-corrected chi connectivity index (χ3v) is 3.84. The molecule has 0 bridgehead atoms. The van der Waals surface area contributed by atoms with Crippen molar-refractivity contribution < 1.29 is 9.90 Å². The maximum atomic E-state index is 11.3. The predicted molar refractivity (Wildman–Crippen MR) is 76.3 cm³/mol. The number of carboxylic acid groups (broad SMARTS) is 1. The second-order valence-corrected chi connectivity index (χ2v) is 5.54. The minimum absolute atomic E-state index is 0.358. The lowest BCUT2D eigenvalue weighted by Gasteiger charge is -2.13. The fourth-order valence-electron chi connectivity index (χ4n) is 2.28. The average molecular weight is 310 g/mol. The molecule has 0 spiro atoms. The summed E-state index contributed by atoms with van der Waals surface area (Å²) in [6, 6.07) is 4.01. The minimum atomic E-state index is -0.883. The zero-order valence-electron chi connectivity index (χ0n) is 10.7. The van der Waals surface area contributed by atoms with Crippen LogP contribution in [0.5, 0.6) is 0 Å². The van der Waals surface area contributed by atoms with E-state index in [0.717, 1.165) is 27.4 Å². The lowest BCUT2D eigenvalue weighted by molar-refractivity contribution is 0.0699. The van der Waals surface area contributed by atoms with E-state index in [1.807, 2.05) is 19.2 Å². The Morgan fingerprint density at radius 1 is 1.50 bits per heavy atom. The zero-order chi connectivity index (χ0) is 13.4. The van der Waals surface area contributed by atoms with E-state index in [0.29, 0.717) is 11.6 Å². The van der Waals surface area contributed by atoms with Crippen LogP contribution in [-0.2, 0) is 0 Å². The fraction of sp³-hybridized carbons (Fsp3) is 0.357. The molecule has 0 saturated heterocycles. The Balaban J connectivity index is 2.83. The summed E-state index contributed by atoms with van der Waals surface area (Å²) in [5.74, 6) is -0.883. The highest BCUT2D eigenvalue weighted by Gasteiger charge is 2.17. The molecule has 96 valence electrons. The van der Waals surface area contributed by atoms with Crippen LogP contribution in [0.3, 0.4) is 0 Å². The molecule has 2 aromatic rings. The van der Waals surface area contributed by atoms with Gasteiger partial charge in [0.25, 0.3) is 0 Å². The molecule has 1 aromatic carbocycles. The topological polar surface area (TPSA) is 42.2 Å². The van der Waals surface area contributed by atoms with Gasteiger partial charge in [0.1, 0.15) is 0 Å². The van der Waals surface area contributed by atoms with Gasteiger partial charge in [-0.3, -0.25) is 0 Å². The van der Waals surface area contributed by atoms with Crippen molar-refractivity contribution in [3.8, 4) is 0 Å². The summed E-state index contributed by atoms with van der Waals surface area (Å²) in [7, 11) is 0. The molecule has 1 unspecified atom stereocenters. The Morgan fingerprint density at radius 2 is 2.17 bits per heavy atom. The summed E-state index contributed by atoms with van der Waals surface area (Å²) >= 11 is 3.39. The summed E-state index contributed by atoms with van der Waals surface area (Å²) < 4.78 is 2.96. The van der Waals surface area contributed by atoms with E-state index in [1.54, 1.807) is 6.07 Å². The van der Waals surface area contributed by atoms with Crippen molar-refractivity contribution in [1.29, 1.82) is 0 Å². The van der Waals surface area contributed by atoms with Crippen molar-refractivity contribution in [3.05, 3.63) is 33.9 Å². The van der Waals surface area contributed by atoms with Gasteiger partial charge in [-0.15, -0.1) is 0 Å². The van der Waals surface area contributed by atoms with E-state index in [9.17, 15) is 9.90 Å². The molecule has 0 radical (unpaired) electrons. The molecule has 0 fully saturated rings. The molecule has 0 amide bonds. The summed E-state index contributed by atoms with van der Waals surface area (Å²) in [5, 5.41) is 10.1. The van der Waals surface area contributed by atoms with Gasteiger partial charge in [0.15, 0.2) is 0 Å². The van der Waals surface area contributed by atoms with Gasteiger partial charge in [-0.1, -0.05) is 22.9 Å². The second kappa shape index (κ2) is 4.76. The molecule has 2 rings (SSSR count). The molecule has 0 saturated carbocycles. The summed E-state index contributed by atoms with van der Waals surface area (Å²) in [4.78, 5) is 11.3. The van der Waals surface area contributed by atoms with E-state index in [-0.39, 0.29) is 0 Å². The van der Waals surface area contributed by atoms with Crippen LogP contribution in [0.25, 0.3) is 10.9 Å². The molecule has 18 heavy (non-hydrogen) atoms. The largest absolute Gasteiger partial charge is 0.478 e. The Morgan fingerprint density at radius 3 is 2.72 bits per heavy atom. The van der Waals surface area contributed by atoms with Crippen LogP contribution in [0.1, 0.15) is 42.2 Å². The Kier molecular flexibility index (Phi) is 3.48. The van der Waals surface area contributed by atoms with Gasteiger partial charge < -0.3 is 9.67 Å². The number of carboxylic acids is 1. The van der Waals surface area contributed by atoms with Crippen LogP contribution in [0.15, 0.2) is 22.8 Å². The fourth-order valence-corrected chi connectivity index (χ4v) is 2.73. The van der Waals surface area contributed by atoms with Gasteiger partial charge in [0.05, 0.1) is 11.1 Å². The number of aromatic nitrogens is 1. The number of fused-ring (bicyclic) bond motifs is 1. The van der Waals surface area contributed by atoms with Crippen molar-refractivity contribution in [2.24, 2.45) is 0 Å². The molecular formula is C14H16BrNO2. The number of aromatic carboxylic acids is 1. The molecule has 0 aliphatic heterocycles. The Bertz CT molecular complexity index is 616. The summed E-state index contributed by atoms with van der Waals surface area (Å²) in [6.45, 7) is 6.23. The van der Waals surface area contributed by atoms with Gasteiger partial charge in [-0.2, -0.15) is 0 Å². The second-order valence-electron chi connectivity index (χ2n) is 4.63. The van der Waals surface area contributed by atoms with Crippen molar-refractivity contribution in [3.63, 3.8) is 0 Å². The molecule has 0 aliphatic carbocycles. The molecule has 3 nitrogen and oxygen atoms in total. The van der Waals surface area contributed by atoms with Gasteiger partial charge in [-0.25, -0.2) is 4.79 Å². The summed E-state index contributed by atoms with van der Waals surface area (Å²) in [6.07, 6.45) is 3.05. The number of hydrogen-bond donors (Lipinski definition) is 1. The van der Waals surface area contributed by atoms with Crippen molar-refractivity contribution in [2.45, 2.75) is 33.2 Å². The first-order valence-electron chi connectivity index (χ1n) is 5.99. The smallest absolute Gasteiger partial charge is 0.336 e. The van der Waals surface area contributed by atoms with Crippen LogP contribution in [0.4, 0.5) is 0 Å². The molecule has 1 atom stereocenters. The highest BCUT2D eigenvalue weighted by Crippen LogP contribution is 2.31. The van der Waals surface area contributed by atoms with Crippen molar-refractivity contribution in [2.75, 3.05) is 0 Å². The van der Waals surface area contributed by atoms with Crippen molar-refractivity contribution in [1.82, 2.24) is 4.57 Å². The number of rotatable bonds is 3. The number of aryl methyl sites for hydroxylation is 1. The van der Waals surface area contributed by atoms with Gasteiger partial charge >= 0.3 is 5.97 Å². The highest BCUT2D eigenvalue weighted by atomic mass is 79.9. The van der Waals surface area contributed by atoms with Gasteiger partial charge in [0, 0.05) is 22.1 Å². The first-order chi connectivity index (χ1) is 8.45. The number of halogens is 1. The molecule has 0 aliphatic rings. The first-order valence-corrected chi connectivity index (χ1v) is 6.79. The van der Waals surface area contributed by atoms with E-state index < -0.39 is 5.97 Å². The maximum absolute atomic E-state index is 11.3. The van der Waals surface area contributed by atoms with E-state index in [1.165, 1.54) is 0 Å². The standard InChI is InChI=1S/C14H16BrNO2/c1-4-9(3)16-7-8(2)13-11(14(17)18)5-10(15)6-12(13)16/h5-7,9H,4H2,1-3H3,(H,17,18). The monoisotopic (exact) mass is 309 g/mol. The average Bonchev–Trinajstić information content (AvgIpc) is 2.64. The molecular weight excluding hydrogens is 294 g/mol. The van der Waals surface area contributed by atoms with E-state index in [4.69, 9.17) is 0 Å². The lowest BCUT2D eigenvalue weighted by atomic mass is 10.1. The maximum Gasteiger partial charge on any atom is 0.336 e. The predicted octanol–water partition coefficient (Wildman–Crippen LogP) is 4.38. The van der Waals surface area contributed by atoms with Crippen molar-refractivity contribution >= 4 is 32.8 Å². The molecule has 1 aromatic heterocycles. The van der Waals surface area contributed by atoms with Gasteiger partial charge in [-0.05, 0) is 38.0 Å². The van der Waals surface area contributed by atoms with Crippen LogP contribution in [0, 0.1) is 6.92 Å². The van der Waals surface area contributed by atoms with E-state index >= 15 is 0 Å². The lowest BCUT2D eigenvalue weighted by Crippen LogP contribution is -2.03. The van der Waals surface area contributed by atoms with Crippen LogP contribution in [0.2, 0.25) is 0 Å². The highest BCUT2D eigenvalue weighted by molar-refractivity contribution is 9.10. The number of benzene rings is 1. The Hall–Kier alpha value is -1.29. The third kappa shape index (κ3) is 2.05. The Labute approximate surface area is 115 Å². The normalized spacial score (nSPS) is 12.9. The van der Waals surface area contributed by atoms with Crippen LogP contribution in [-0.4, -0.2) is 15.6 Å². The number of nitrogens with zero attached hydrogens (tertiary/aromatic N) is 1. The number of hydrogen-bond acceptors (Lipinski definition) is 1. The van der Waals surface area contributed by atoms with Gasteiger partial charge in [0.2, 0.25) is 0 Å². The molecule has 1 heterocycles. The molecule has 4 heteroatoms. The zero-order valence-corrected chi connectivity index (χ0v) is 12.3. The third-order valence-electron chi connectivity index (χ3n) is 3.38. The first kappa shape index (κ1) is 13.1. The minimum Gasteiger partial charge on any atom is -0.478 e. The van der Waals surface area contributed by atoms with E-state index in [2.05, 4.69) is 34.3 Å². The number of carbonyl (C=O) groups is 1. The SMILES string of the molecule is CCC(C)n1cc(C)c2c(C(=O)O)cc(Br)cc21. The van der Waals surface area contributed by atoms with Crippen LogP contribution < -0.4 is 0 Å². The molecule has 1 N–H and O–H groups in total. The summed E-state index contributed by atoms with van der Waals surface area (Å²) in [5.41, 5.74) is 2.35. The quantitative estimate of drug-likeness (QED) is 0.914. The van der Waals surface area contributed by atoms with Crippen LogP contribution >= 0.6 is 15.9 Å².